The molecule has 0 heterocycles. The number of nitrogens with zero attached hydrogens (tertiary/aromatic N) is 2. The lowest BCUT2D eigenvalue weighted by Crippen LogP contribution is -2.53. The summed E-state index contributed by atoms with van der Waals surface area (Å²) < 4.78 is 26.3. The molecule has 0 radical (unpaired) electrons. The highest BCUT2D eigenvalue weighted by atomic mass is 35.5. The Kier molecular flexibility index (Phi) is 11.7. The molecule has 0 unspecified atom stereocenters. The van der Waals surface area contributed by atoms with Crippen molar-refractivity contribution in [1.29, 1.82) is 0 Å². The van der Waals surface area contributed by atoms with Crippen molar-refractivity contribution in [3.05, 3.63) is 61.0 Å². The van der Waals surface area contributed by atoms with Crippen molar-refractivity contribution in [2.75, 3.05) is 17.1 Å². The van der Waals surface area contributed by atoms with E-state index in [9.17, 15) is 18.0 Å². The summed E-state index contributed by atoms with van der Waals surface area (Å²) in [5.41, 5.74) is 0.396. The number of carbonyl (C=O) groups is 2. The summed E-state index contributed by atoms with van der Waals surface area (Å²) in [6.07, 6.45) is 1.87. The number of rotatable bonds is 11. The molecule has 1 N–H and O–H groups in total. The highest BCUT2D eigenvalue weighted by Gasteiger charge is 2.33. The van der Waals surface area contributed by atoms with Crippen molar-refractivity contribution in [2.24, 2.45) is 0 Å². The number of halogens is 5. The Labute approximate surface area is 243 Å². The molecule has 2 atom stereocenters. The Morgan fingerprint density at radius 1 is 0.919 bits per heavy atom. The maximum absolute atomic E-state index is 13.8. The molecule has 0 spiro atoms. The second-order valence-electron chi connectivity index (χ2n) is 8.45. The van der Waals surface area contributed by atoms with E-state index in [4.69, 9.17) is 58.0 Å². The Balaban J connectivity index is 2.57. The van der Waals surface area contributed by atoms with Gasteiger partial charge >= 0.3 is 0 Å². The molecule has 7 nitrogen and oxygen atoms in total. The summed E-state index contributed by atoms with van der Waals surface area (Å²) in [5, 5.41) is 3.65. The molecule has 0 saturated carbocycles. The Morgan fingerprint density at radius 2 is 1.49 bits per heavy atom. The predicted molar refractivity (Wildman–Crippen MR) is 153 cm³/mol. The zero-order valence-electron chi connectivity index (χ0n) is 20.7. The highest BCUT2D eigenvalue weighted by Crippen LogP contribution is 2.36. The molecular weight excluding hydrogens is 604 g/mol. The molecule has 2 aromatic carbocycles. The molecule has 37 heavy (non-hydrogen) atoms. The van der Waals surface area contributed by atoms with Crippen LogP contribution < -0.4 is 9.62 Å². The Bertz CT molecular complexity index is 1240. The van der Waals surface area contributed by atoms with Gasteiger partial charge in [0, 0.05) is 28.2 Å². The highest BCUT2D eigenvalue weighted by molar-refractivity contribution is 7.92. The van der Waals surface area contributed by atoms with Crippen LogP contribution in [0, 0.1) is 0 Å². The molecule has 0 saturated heterocycles. The Hall–Kier alpha value is -1.42. The van der Waals surface area contributed by atoms with Gasteiger partial charge < -0.3 is 10.2 Å². The standard InChI is InChI=1S/C24H28Cl5N3O4S/c1-5-14(3)30-24(34)21(6-2)31(12-15-16(25)8-7-9-17(15)26)23(33)13-32(37(4,35)36)22-11-19(28)18(27)10-20(22)29/h7-11,14,21H,5-6,12-13H2,1-4H3,(H,30,34)/t14-,21+/m0/s1. The minimum absolute atomic E-state index is 0.0186. The smallest absolute Gasteiger partial charge is 0.244 e. The average Bonchev–Trinajstić information content (AvgIpc) is 2.80. The number of anilines is 1. The molecule has 2 amide bonds. The normalized spacial score (nSPS) is 13.1. The molecule has 204 valence electrons. The molecule has 0 aliphatic heterocycles. The van der Waals surface area contributed by atoms with Crippen molar-refractivity contribution >= 4 is 85.5 Å². The van der Waals surface area contributed by atoms with Crippen LogP contribution in [-0.2, 0) is 26.2 Å². The fourth-order valence-electron chi connectivity index (χ4n) is 3.51. The van der Waals surface area contributed by atoms with E-state index in [2.05, 4.69) is 5.32 Å². The zero-order chi connectivity index (χ0) is 28.1. The minimum atomic E-state index is -4.02. The maximum atomic E-state index is 13.8. The number of amides is 2. The van der Waals surface area contributed by atoms with Crippen molar-refractivity contribution in [3.8, 4) is 0 Å². The van der Waals surface area contributed by atoms with Crippen LogP contribution in [-0.4, -0.2) is 50.0 Å². The van der Waals surface area contributed by atoms with Gasteiger partial charge in [-0.2, -0.15) is 0 Å². The van der Waals surface area contributed by atoms with Crippen LogP contribution in [0.5, 0.6) is 0 Å². The third kappa shape index (κ3) is 8.28. The summed E-state index contributed by atoms with van der Waals surface area (Å²) in [6.45, 7) is 4.73. The van der Waals surface area contributed by atoms with Gasteiger partial charge in [0.25, 0.3) is 0 Å². The zero-order valence-corrected chi connectivity index (χ0v) is 25.3. The van der Waals surface area contributed by atoms with Gasteiger partial charge in [0.2, 0.25) is 21.8 Å². The average molecular weight is 632 g/mol. The first kappa shape index (κ1) is 31.8. The third-order valence-corrected chi connectivity index (χ3v) is 8.57. The quantitative estimate of drug-likeness (QED) is 0.289. The number of hydrogen-bond donors (Lipinski definition) is 1. The van der Waals surface area contributed by atoms with Gasteiger partial charge in [-0.3, -0.25) is 13.9 Å². The molecular formula is C24H28Cl5N3O4S. The van der Waals surface area contributed by atoms with Crippen LogP contribution in [0.25, 0.3) is 0 Å². The Morgan fingerprint density at radius 3 is 2.00 bits per heavy atom. The monoisotopic (exact) mass is 629 g/mol. The van der Waals surface area contributed by atoms with Gasteiger partial charge in [0.15, 0.2) is 0 Å². The lowest BCUT2D eigenvalue weighted by atomic mass is 10.1. The van der Waals surface area contributed by atoms with Gasteiger partial charge in [0.05, 0.1) is 27.0 Å². The second kappa shape index (κ2) is 13.6. The van der Waals surface area contributed by atoms with E-state index in [1.807, 2.05) is 13.8 Å². The first-order chi connectivity index (χ1) is 17.2. The van der Waals surface area contributed by atoms with Crippen LogP contribution in [0.1, 0.15) is 39.2 Å². The second-order valence-corrected chi connectivity index (χ2v) is 12.4. The topological polar surface area (TPSA) is 86.8 Å². The van der Waals surface area contributed by atoms with Gasteiger partial charge in [-0.05, 0) is 44.0 Å². The lowest BCUT2D eigenvalue weighted by Gasteiger charge is -2.34. The number of nitrogens with one attached hydrogen (secondary N) is 1. The van der Waals surface area contributed by atoms with Crippen LogP contribution in [0.2, 0.25) is 25.1 Å². The predicted octanol–water partition coefficient (Wildman–Crippen LogP) is 6.44. The van der Waals surface area contributed by atoms with E-state index in [1.54, 1.807) is 25.1 Å². The van der Waals surface area contributed by atoms with Crippen LogP contribution in [0.3, 0.4) is 0 Å². The number of hydrogen-bond acceptors (Lipinski definition) is 4. The van der Waals surface area contributed by atoms with Crippen molar-refractivity contribution in [2.45, 2.75) is 52.2 Å². The van der Waals surface area contributed by atoms with Crippen molar-refractivity contribution < 1.29 is 18.0 Å². The van der Waals surface area contributed by atoms with Crippen LogP contribution in [0.4, 0.5) is 5.69 Å². The fourth-order valence-corrected chi connectivity index (χ4v) is 5.58. The molecule has 0 fully saturated rings. The SMILES string of the molecule is CC[C@H](C(=O)N[C@@H](C)CC)N(Cc1c(Cl)cccc1Cl)C(=O)CN(c1cc(Cl)c(Cl)cc1Cl)S(C)(=O)=O. The van der Waals surface area contributed by atoms with E-state index < -0.39 is 28.5 Å². The molecule has 0 aromatic heterocycles. The molecule has 2 rings (SSSR count). The fraction of sp³-hybridized carbons (Fsp3) is 0.417. The minimum Gasteiger partial charge on any atom is -0.352 e. The number of benzene rings is 2. The lowest BCUT2D eigenvalue weighted by molar-refractivity contribution is -0.140. The third-order valence-electron chi connectivity index (χ3n) is 5.71. The first-order valence-electron chi connectivity index (χ1n) is 11.4. The first-order valence-corrected chi connectivity index (χ1v) is 15.1. The summed E-state index contributed by atoms with van der Waals surface area (Å²) in [5.74, 6) is -1.05. The summed E-state index contributed by atoms with van der Waals surface area (Å²) in [6, 6.07) is 6.38. The van der Waals surface area contributed by atoms with Crippen molar-refractivity contribution in [1.82, 2.24) is 10.2 Å². The van der Waals surface area contributed by atoms with Crippen LogP contribution >= 0.6 is 58.0 Å². The van der Waals surface area contributed by atoms with Gasteiger partial charge in [0.1, 0.15) is 12.6 Å². The van der Waals surface area contributed by atoms with E-state index >= 15 is 0 Å². The maximum Gasteiger partial charge on any atom is 0.244 e. The molecule has 0 bridgehead atoms. The van der Waals surface area contributed by atoms with Crippen LogP contribution in [0.15, 0.2) is 30.3 Å². The number of sulfonamides is 1. The van der Waals surface area contributed by atoms with Gasteiger partial charge in [-0.25, -0.2) is 8.42 Å². The molecule has 0 aliphatic rings. The van der Waals surface area contributed by atoms with E-state index in [1.165, 1.54) is 17.0 Å². The van der Waals surface area contributed by atoms with Crippen molar-refractivity contribution in [3.63, 3.8) is 0 Å². The number of carbonyl (C=O) groups excluding carboxylic acids is 2. The summed E-state index contributed by atoms with van der Waals surface area (Å²) in [7, 11) is -4.02. The van der Waals surface area contributed by atoms with Gasteiger partial charge in [-0.15, -0.1) is 0 Å². The summed E-state index contributed by atoms with van der Waals surface area (Å²) >= 11 is 31.1. The van der Waals surface area contributed by atoms with E-state index in [0.717, 1.165) is 10.6 Å². The van der Waals surface area contributed by atoms with E-state index in [-0.39, 0.29) is 45.7 Å². The molecule has 2 aromatic rings. The van der Waals surface area contributed by atoms with Gasteiger partial charge in [-0.1, -0.05) is 77.9 Å². The molecule has 13 heteroatoms. The largest absolute Gasteiger partial charge is 0.352 e. The summed E-state index contributed by atoms with van der Waals surface area (Å²) in [4.78, 5) is 28.2. The molecule has 0 aliphatic carbocycles. The van der Waals surface area contributed by atoms with E-state index in [0.29, 0.717) is 22.0 Å².